The molecule has 1 heterocycles. The number of aromatic nitrogens is 3. The SMILES string of the molecule is COc1ccccc1CCNC(=O)CSc1nnc(C2CC2)n1-c1ccccc1. The maximum Gasteiger partial charge on any atom is 0.230 e. The minimum absolute atomic E-state index is 0.0134. The minimum Gasteiger partial charge on any atom is -0.496 e. The molecule has 4 rings (SSSR count). The average molecular weight is 409 g/mol. The van der Waals surface area contributed by atoms with Gasteiger partial charge in [0.1, 0.15) is 11.6 Å². The van der Waals surface area contributed by atoms with Crippen LogP contribution in [0.2, 0.25) is 0 Å². The predicted molar refractivity (Wildman–Crippen MR) is 114 cm³/mol. The highest BCUT2D eigenvalue weighted by molar-refractivity contribution is 7.99. The Labute approximate surface area is 174 Å². The third-order valence-corrected chi connectivity index (χ3v) is 5.79. The summed E-state index contributed by atoms with van der Waals surface area (Å²) in [6.45, 7) is 0.568. The first-order valence-corrected chi connectivity index (χ1v) is 10.8. The molecule has 1 aliphatic carbocycles. The highest BCUT2D eigenvalue weighted by Crippen LogP contribution is 2.41. The molecule has 0 bridgehead atoms. The lowest BCUT2D eigenvalue weighted by Crippen LogP contribution is -2.27. The van der Waals surface area contributed by atoms with Gasteiger partial charge in [-0.05, 0) is 43.0 Å². The zero-order valence-electron chi connectivity index (χ0n) is 16.4. The number of thioether (sulfide) groups is 1. The number of benzene rings is 2. The highest BCUT2D eigenvalue weighted by Gasteiger charge is 2.31. The molecule has 29 heavy (non-hydrogen) atoms. The summed E-state index contributed by atoms with van der Waals surface area (Å²) in [5.74, 6) is 2.61. The molecule has 1 N–H and O–H groups in total. The van der Waals surface area contributed by atoms with Crippen molar-refractivity contribution in [3.8, 4) is 11.4 Å². The zero-order valence-corrected chi connectivity index (χ0v) is 17.2. The molecule has 1 amide bonds. The number of amides is 1. The standard InChI is InChI=1S/C22H24N4O2S/c1-28-19-10-6-5-7-16(19)13-14-23-20(27)15-29-22-25-24-21(17-11-12-17)26(22)18-8-3-2-4-9-18/h2-10,17H,11-15H2,1H3,(H,23,27). The van der Waals surface area contributed by atoms with Crippen molar-refractivity contribution in [2.45, 2.75) is 30.3 Å². The first-order valence-electron chi connectivity index (χ1n) is 9.78. The van der Waals surface area contributed by atoms with Gasteiger partial charge >= 0.3 is 0 Å². The first kappa shape index (κ1) is 19.5. The van der Waals surface area contributed by atoms with E-state index in [1.807, 2.05) is 54.6 Å². The van der Waals surface area contributed by atoms with Crippen molar-refractivity contribution in [1.29, 1.82) is 0 Å². The van der Waals surface area contributed by atoms with Crippen molar-refractivity contribution in [3.63, 3.8) is 0 Å². The van der Waals surface area contributed by atoms with Gasteiger partial charge in [0.15, 0.2) is 5.16 Å². The van der Waals surface area contributed by atoms with Crippen LogP contribution in [0.3, 0.4) is 0 Å². The van der Waals surface area contributed by atoms with Gasteiger partial charge in [0.05, 0.1) is 12.9 Å². The molecule has 1 aromatic heterocycles. The maximum absolute atomic E-state index is 12.3. The minimum atomic E-state index is -0.0134. The molecule has 0 aliphatic heterocycles. The molecular formula is C22H24N4O2S. The van der Waals surface area contributed by atoms with Crippen LogP contribution >= 0.6 is 11.8 Å². The normalized spacial score (nSPS) is 13.3. The van der Waals surface area contributed by atoms with Crippen molar-refractivity contribution in [1.82, 2.24) is 20.1 Å². The Morgan fingerprint density at radius 2 is 1.90 bits per heavy atom. The van der Waals surface area contributed by atoms with Crippen LogP contribution in [0, 0.1) is 0 Å². The molecule has 1 aliphatic rings. The predicted octanol–water partition coefficient (Wildman–Crippen LogP) is 3.60. The van der Waals surface area contributed by atoms with Gasteiger partial charge in [-0.3, -0.25) is 9.36 Å². The van der Waals surface area contributed by atoms with Crippen LogP contribution in [0.5, 0.6) is 5.75 Å². The molecule has 0 radical (unpaired) electrons. The molecule has 3 aromatic rings. The van der Waals surface area contributed by atoms with Gasteiger partial charge in [-0.1, -0.05) is 48.2 Å². The van der Waals surface area contributed by atoms with Gasteiger partial charge in [0.2, 0.25) is 5.91 Å². The van der Waals surface area contributed by atoms with Crippen LogP contribution in [0.1, 0.15) is 30.1 Å². The maximum atomic E-state index is 12.3. The van der Waals surface area contributed by atoms with Gasteiger partial charge < -0.3 is 10.1 Å². The summed E-state index contributed by atoms with van der Waals surface area (Å²) in [5, 5.41) is 12.5. The van der Waals surface area contributed by atoms with Crippen molar-refractivity contribution in [2.24, 2.45) is 0 Å². The third kappa shape index (κ3) is 4.79. The van der Waals surface area contributed by atoms with E-state index in [0.29, 0.717) is 18.2 Å². The summed E-state index contributed by atoms with van der Waals surface area (Å²) < 4.78 is 7.44. The van der Waals surface area contributed by atoms with E-state index in [-0.39, 0.29) is 5.91 Å². The fourth-order valence-corrected chi connectivity index (χ4v) is 4.02. The Balaban J connectivity index is 1.35. The summed E-state index contributed by atoms with van der Waals surface area (Å²) >= 11 is 1.42. The Hall–Kier alpha value is -2.80. The van der Waals surface area contributed by atoms with Gasteiger partial charge in [-0.2, -0.15) is 0 Å². The zero-order chi connectivity index (χ0) is 20.1. The van der Waals surface area contributed by atoms with E-state index in [2.05, 4.69) is 20.1 Å². The van der Waals surface area contributed by atoms with E-state index in [1.54, 1.807) is 7.11 Å². The number of methoxy groups -OCH3 is 1. The number of hydrogen-bond acceptors (Lipinski definition) is 5. The molecule has 0 saturated heterocycles. The summed E-state index contributed by atoms with van der Waals surface area (Å²) in [4.78, 5) is 12.3. The van der Waals surface area contributed by atoms with Crippen molar-refractivity contribution in [2.75, 3.05) is 19.4 Å². The monoisotopic (exact) mass is 408 g/mol. The molecule has 1 saturated carbocycles. The molecule has 0 spiro atoms. The van der Waals surface area contributed by atoms with E-state index in [1.165, 1.54) is 11.8 Å². The summed E-state index contributed by atoms with van der Waals surface area (Å²) in [5.41, 5.74) is 2.12. The molecular weight excluding hydrogens is 384 g/mol. The Morgan fingerprint density at radius 1 is 1.14 bits per heavy atom. The van der Waals surface area contributed by atoms with E-state index >= 15 is 0 Å². The molecule has 0 atom stereocenters. The van der Waals surface area contributed by atoms with Gasteiger partial charge in [-0.15, -0.1) is 10.2 Å². The second-order valence-electron chi connectivity index (χ2n) is 6.99. The van der Waals surface area contributed by atoms with Crippen molar-refractivity contribution >= 4 is 17.7 Å². The lowest BCUT2D eigenvalue weighted by atomic mass is 10.1. The van der Waals surface area contributed by atoms with Crippen LogP contribution in [0.4, 0.5) is 0 Å². The largest absolute Gasteiger partial charge is 0.496 e. The smallest absolute Gasteiger partial charge is 0.230 e. The second-order valence-corrected chi connectivity index (χ2v) is 7.93. The third-order valence-electron chi connectivity index (χ3n) is 4.86. The Bertz CT molecular complexity index is 970. The van der Waals surface area contributed by atoms with Crippen LogP contribution in [0.25, 0.3) is 5.69 Å². The number of para-hydroxylation sites is 2. The van der Waals surface area contributed by atoms with Gasteiger partial charge in [-0.25, -0.2) is 0 Å². The van der Waals surface area contributed by atoms with E-state index < -0.39 is 0 Å². The fourth-order valence-electron chi connectivity index (χ4n) is 3.23. The lowest BCUT2D eigenvalue weighted by molar-refractivity contribution is -0.118. The Kier molecular flexibility index (Phi) is 6.14. The van der Waals surface area contributed by atoms with Gasteiger partial charge in [0, 0.05) is 18.2 Å². The molecule has 150 valence electrons. The number of hydrogen-bond donors (Lipinski definition) is 1. The number of nitrogens with zero attached hydrogens (tertiary/aromatic N) is 3. The molecule has 6 nitrogen and oxygen atoms in total. The summed E-state index contributed by atoms with van der Waals surface area (Å²) in [7, 11) is 1.66. The van der Waals surface area contributed by atoms with E-state index in [4.69, 9.17) is 4.74 Å². The topological polar surface area (TPSA) is 69.0 Å². The fraction of sp³-hybridized carbons (Fsp3) is 0.318. The summed E-state index contributed by atoms with van der Waals surface area (Å²) in [6.07, 6.45) is 3.03. The van der Waals surface area contributed by atoms with Crippen LogP contribution < -0.4 is 10.1 Å². The molecule has 0 unspecified atom stereocenters. The lowest BCUT2D eigenvalue weighted by Gasteiger charge is -2.10. The van der Waals surface area contributed by atoms with E-state index in [0.717, 1.165) is 47.2 Å². The molecule has 1 fully saturated rings. The number of carbonyl (C=O) groups is 1. The highest BCUT2D eigenvalue weighted by atomic mass is 32.2. The van der Waals surface area contributed by atoms with E-state index in [9.17, 15) is 4.79 Å². The Morgan fingerprint density at radius 3 is 2.66 bits per heavy atom. The van der Waals surface area contributed by atoms with Crippen molar-refractivity contribution in [3.05, 3.63) is 66.0 Å². The van der Waals surface area contributed by atoms with Gasteiger partial charge in [0.25, 0.3) is 0 Å². The average Bonchev–Trinajstić information content (AvgIpc) is 3.52. The van der Waals surface area contributed by atoms with Crippen LogP contribution in [-0.2, 0) is 11.2 Å². The molecule has 7 heteroatoms. The summed E-state index contributed by atoms with van der Waals surface area (Å²) in [6, 6.07) is 18.0. The number of nitrogens with one attached hydrogen (secondary N) is 1. The first-order chi connectivity index (χ1) is 14.3. The molecule has 2 aromatic carbocycles. The van der Waals surface area contributed by atoms with Crippen LogP contribution in [0.15, 0.2) is 59.8 Å². The van der Waals surface area contributed by atoms with Crippen molar-refractivity contribution < 1.29 is 9.53 Å². The number of ether oxygens (including phenoxy) is 1. The number of carbonyl (C=O) groups excluding carboxylic acids is 1. The number of rotatable bonds is 9. The van der Waals surface area contributed by atoms with Crippen LogP contribution in [-0.4, -0.2) is 40.1 Å². The second kappa shape index (κ2) is 9.13. The quantitative estimate of drug-likeness (QED) is 0.548.